The molecule has 1 atom stereocenters. The summed E-state index contributed by atoms with van der Waals surface area (Å²) in [5.74, 6) is -0.242. The molecule has 2 amide bonds. The molecular weight excluding hydrogens is 517 g/mol. The number of nitrogens with zero attached hydrogens (tertiary/aromatic N) is 2. The third-order valence-corrected chi connectivity index (χ3v) is 7.30. The van der Waals surface area contributed by atoms with Crippen LogP contribution in [0.4, 0.5) is 9.18 Å². The summed E-state index contributed by atoms with van der Waals surface area (Å²) in [5.41, 5.74) is -0.564. The molecule has 0 radical (unpaired) electrons. The van der Waals surface area contributed by atoms with Crippen molar-refractivity contribution < 1.29 is 23.5 Å². The summed E-state index contributed by atoms with van der Waals surface area (Å²) in [6, 6.07) is 10.5. The van der Waals surface area contributed by atoms with Gasteiger partial charge in [0.2, 0.25) is 5.95 Å². The lowest BCUT2D eigenvalue weighted by molar-refractivity contribution is 0.0130. The van der Waals surface area contributed by atoms with Gasteiger partial charge in [-0.2, -0.15) is 4.39 Å². The Morgan fingerprint density at radius 2 is 1.87 bits per heavy atom. The quantitative estimate of drug-likeness (QED) is 0.210. The van der Waals surface area contributed by atoms with E-state index in [1.165, 1.54) is 6.07 Å². The van der Waals surface area contributed by atoms with Crippen LogP contribution in [0.1, 0.15) is 90.7 Å². The Bertz CT molecular complexity index is 1170. The van der Waals surface area contributed by atoms with Gasteiger partial charge in [0.25, 0.3) is 5.91 Å². The maximum Gasteiger partial charge on any atom is 0.410 e. The molecule has 9 heteroatoms. The van der Waals surface area contributed by atoms with Crippen molar-refractivity contribution in [1.82, 2.24) is 14.6 Å². The highest BCUT2D eigenvalue weighted by Gasteiger charge is 2.42. The molecule has 0 saturated carbocycles. The van der Waals surface area contributed by atoms with Crippen LogP contribution < -0.4 is 9.46 Å². The lowest BCUT2D eigenvalue weighted by Gasteiger charge is -2.33. The number of hydrogen-bond donors (Lipinski definition) is 1. The van der Waals surface area contributed by atoms with Crippen LogP contribution in [0.5, 0.6) is 5.75 Å². The van der Waals surface area contributed by atoms with Crippen LogP contribution in [0.25, 0.3) is 0 Å². The normalized spacial score (nSPS) is 17.2. The Morgan fingerprint density at radius 3 is 2.51 bits per heavy atom. The van der Waals surface area contributed by atoms with Crippen molar-refractivity contribution in [2.24, 2.45) is 5.92 Å². The number of hydrogen-bond acceptors (Lipinski definition) is 6. The number of halogens is 1. The summed E-state index contributed by atoms with van der Waals surface area (Å²) in [5, 5.41) is 0. The van der Waals surface area contributed by atoms with E-state index in [0.717, 1.165) is 36.1 Å². The molecule has 2 heterocycles. The number of likely N-dealkylation sites (tertiary alicyclic amines) is 1. The Kier molecular flexibility index (Phi) is 9.57. The molecule has 1 aromatic carbocycles. The fourth-order valence-electron chi connectivity index (χ4n) is 4.59. The maximum absolute atomic E-state index is 14.4. The van der Waals surface area contributed by atoms with Crippen molar-refractivity contribution in [3.05, 3.63) is 53.6 Å². The molecule has 1 aliphatic heterocycles. The summed E-state index contributed by atoms with van der Waals surface area (Å²) in [7, 11) is 0. The molecule has 3 rings (SSSR count). The lowest BCUT2D eigenvalue weighted by Crippen LogP contribution is -2.45. The molecule has 1 N–H and O–H groups in total. The van der Waals surface area contributed by atoms with Gasteiger partial charge >= 0.3 is 6.09 Å². The number of amides is 2. The smallest absolute Gasteiger partial charge is 0.410 e. The number of benzene rings is 1. The summed E-state index contributed by atoms with van der Waals surface area (Å²) < 4.78 is 28.7. The zero-order chi connectivity index (χ0) is 29.0. The molecular formula is C30H42FN3O4S. The number of carbonyl (C=O) groups excluding carboxylic acids is 2. The topological polar surface area (TPSA) is 80.8 Å². The van der Waals surface area contributed by atoms with Crippen molar-refractivity contribution in [3.8, 4) is 5.75 Å². The van der Waals surface area contributed by atoms with Gasteiger partial charge in [-0.15, -0.1) is 0 Å². The first-order chi connectivity index (χ1) is 18.0. The highest BCUT2D eigenvalue weighted by molar-refractivity contribution is 7.98. The summed E-state index contributed by atoms with van der Waals surface area (Å²) in [6.07, 6.45) is 2.47. The predicted molar refractivity (Wildman–Crippen MR) is 153 cm³/mol. The third kappa shape index (κ3) is 8.85. The van der Waals surface area contributed by atoms with Gasteiger partial charge in [-0.3, -0.25) is 9.52 Å². The molecule has 214 valence electrons. The maximum atomic E-state index is 14.4. The Morgan fingerprint density at radius 1 is 1.15 bits per heavy atom. The molecule has 1 aliphatic rings. The molecule has 1 aromatic heterocycles. The van der Waals surface area contributed by atoms with Gasteiger partial charge in [-0.1, -0.05) is 26.8 Å². The number of ether oxygens (including phenoxy) is 2. The van der Waals surface area contributed by atoms with E-state index in [1.54, 1.807) is 6.07 Å². The summed E-state index contributed by atoms with van der Waals surface area (Å²) in [4.78, 5) is 31.7. The molecule has 0 aliphatic carbocycles. The average molecular weight is 560 g/mol. The third-order valence-electron chi connectivity index (χ3n) is 6.53. The minimum absolute atomic E-state index is 0.0942. The SMILES string of the molecule is CC(C)(C)OC(=O)N1CC(CCCOc2cccc(SNC(=O)c3ccc(C(C)(C)C)nc3F)c2)CC1(C)C. The summed E-state index contributed by atoms with van der Waals surface area (Å²) >= 11 is 1.10. The molecule has 0 spiro atoms. The van der Waals surface area contributed by atoms with Gasteiger partial charge < -0.3 is 14.4 Å². The van der Waals surface area contributed by atoms with Crippen LogP contribution in [0.15, 0.2) is 41.3 Å². The van der Waals surface area contributed by atoms with Crippen molar-refractivity contribution in [3.63, 3.8) is 0 Å². The van der Waals surface area contributed by atoms with Crippen LogP contribution in [-0.4, -0.2) is 46.2 Å². The average Bonchev–Trinajstić information content (AvgIpc) is 3.13. The highest BCUT2D eigenvalue weighted by atomic mass is 32.2. The minimum atomic E-state index is -0.780. The van der Waals surface area contributed by atoms with Crippen LogP contribution in [0.3, 0.4) is 0 Å². The minimum Gasteiger partial charge on any atom is -0.494 e. The van der Waals surface area contributed by atoms with Crippen molar-refractivity contribution in [2.75, 3.05) is 13.2 Å². The Labute approximate surface area is 236 Å². The number of carbonyl (C=O) groups is 2. The predicted octanol–water partition coefficient (Wildman–Crippen LogP) is 7.15. The van der Waals surface area contributed by atoms with Gasteiger partial charge in [0.1, 0.15) is 11.4 Å². The van der Waals surface area contributed by atoms with Crippen LogP contribution >= 0.6 is 11.9 Å². The van der Waals surface area contributed by atoms with E-state index in [0.29, 0.717) is 30.5 Å². The fraction of sp³-hybridized carbons (Fsp3) is 0.567. The van der Waals surface area contributed by atoms with E-state index in [2.05, 4.69) is 23.6 Å². The first-order valence-corrected chi connectivity index (χ1v) is 14.2. The molecule has 2 aromatic rings. The van der Waals surface area contributed by atoms with Gasteiger partial charge in [-0.05, 0) is 102 Å². The molecule has 0 bridgehead atoms. The second-order valence-electron chi connectivity index (χ2n) is 12.8. The highest BCUT2D eigenvalue weighted by Crippen LogP contribution is 2.36. The zero-order valence-electron chi connectivity index (χ0n) is 24.4. The molecule has 39 heavy (non-hydrogen) atoms. The largest absolute Gasteiger partial charge is 0.494 e. The monoisotopic (exact) mass is 559 g/mol. The van der Waals surface area contributed by atoms with E-state index in [1.807, 2.05) is 70.7 Å². The van der Waals surface area contributed by atoms with Crippen molar-refractivity contribution in [1.29, 1.82) is 0 Å². The zero-order valence-corrected chi connectivity index (χ0v) is 25.2. The first-order valence-electron chi connectivity index (χ1n) is 13.4. The van der Waals surface area contributed by atoms with E-state index in [9.17, 15) is 14.0 Å². The number of aromatic nitrogens is 1. The van der Waals surface area contributed by atoms with Gasteiger partial charge in [0.05, 0.1) is 12.2 Å². The van der Waals surface area contributed by atoms with Crippen molar-refractivity contribution >= 4 is 23.9 Å². The molecule has 1 unspecified atom stereocenters. The van der Waals surface area contributed by atoms with E-state index in [-0.39, 0.29) is 22.6 Å². The van der Waals surface area contributed by atoms with Gasteiger partial charge in [0, 0.05) is 28.1 Å². The van der Waals surface area contributed by atoms with Crippen LogP contribution in [-0.2, 0) is 10.2 Å². The molecule has 1 fully saturated rings. The fourth-order valence-corrected chi connectivity index (χ4v) is 5.23. The van der Waals surface area contributed by atoms with Crippen LogP contribution in [0.2, 0.25) is 0 Å². The Balaban J connectivity index is 1.46. The van der Waals surface area contributed by atoms with E-state index >= 15 is 0 Å². The van der Waals surface area contributed by atoms with Gasteiger partial charge in [-0.25, -0.2) is 9.78 Å². The Hall–Kier alpha value is -2.81. The second-order valence-corrected chi connectivity index (χ2v) is 13.6. The summed E-state index contributed by atoms with van der Waals surface area (Å²) in [6.45, 7) is 16.9. The lowest BCUT2D eigenvalue weighted by atomic mass is 9.91. The van der Waals surface area contributed by atoms with Crippen molar-refractivity contribution in [2.45, 2.75) is 96.1 Å². The van der Waals surface area contributed by atoms with E-state index < -0.39 is 17.5 Å². The van der Waals surface area contributed by atoms with Gasteiger partial charge in [0.15, 0.2) is 0 Å². The number of nitrogens with one attached hydrogen (secondary N) is 1. The molecule has 1 saturated heterocycles. The standard InChI is InChI=1S/C30H42FN3O4S/c1-28(2,3)24-15-14-23(25(31)32-24)26(35)33-39-22-13-9-12-21(17-22)37-16-10-11-20-18-30(7,8)34(19-20)27(36)38-29(4,5)6/h9,12-15,17,20H,10-11,16,18-19H2,1-8H3,(H,33,35). The first kappa shape index (κ1) is 30.7. The van der Waals surface area contributed by atoms with E-state index in [4.69, 9.17) is 9.47 Å². The van der Waals surface area contributed by atoms with Crippen LogP contribution in [0, 0.1) is 11.9 Å². The molecule has 7 nitrogen and oxygen atoms in total. The second kappa shape index (κ2) is 12.1. The number of rotatable bonds is 8. The number of pyridine rings is 1.